The highest BCUT2D eigenvalue weighted by Gasteiger charge is 2.21. The first kappa shape index (κ1) is 14.6. The van der Waals surface area contributed by atoms with Crippen molar-refractivity contribution < 1.29 is 8.42 Å². The number of aryl methyl sites for hydroxylation is 1. The first-order valence-electron chi connectivity index (χ1n) is 6.11. The molecule has 0 radical (unpaired) electrons. The highest BCUT2D eigenvalue weighted by Crippen LogP contribution is 2.19. The van der Waals surface area contributed by atoms with Gasteiger partial charge in [0.05, 0.1) is 10.9 Å². The smallest absolute Gasteiger partial charge is 0.241 e. The normalized spacial score (nSPS) is 13.3. The van der Waals surface area contributed by atoms with Crippen molar-refractivity contribution in [1.82, 2.24) is 19.9 Å². The van der Waals surface area contributed by atoms with Crippen molar-refractivity contribution in [3.63, 3.8) is 0 Å². The average molecular weight is 295 g/mol. The van der Waals surface area contributed by atoms with Crippen molar-refractivity contribution in [3.05, 3.63) is 41.5 Å². The summed E-state index contributed by atoms with van der Waals surface area (Å²) in [4.78, 5) is 4.17. The van der Waals surface area contributed by atoms with Gasteiger partial charge in [-0.05, 0) is 31.0 Å². The van der Waals surface area contributed by atoms with Crippen LogP contribution in [0.5, 0.6) is 0 Å². The lowest BCUT2D eigenvalue weighted by atomic mass is 10.1. The Bertz CT molecular complexity index is 682. The Balaban J connectivity index is 2.31. The molecule has 8 heteroatoms. The summed E-state index contributed by atoms with van der Waals surface area (Å²) in [6.07, 6.45) is 1.33. The number of nitrogens with one attached hydrogen (secondary N) is 2. The average Bonchev–Trinajstić information content (AvgIpc) is 2.92. The molecule has 108 valence electrons. The van der Waals surface area contributed by atoms with Gasteiger partial charge in [0.1, 0.15) is 12.2 Å². The van der Waals surface area contributed by atoms with E-state index in [0.717, 1.165) is 5.56 Å². The summed E-state index contributed by atoms with van der Waals surface area (Å²) < 4.78 is 27.4. The van der Waals surface area contributed by atoms with Gasteiger partial charge in [0.2, 0.25) is 10.0 Å². The van der Waals surface area contributed by atoms with Crippen molar-refractivity contribution >= 4 is 10.0 Å². The number of sulfonamides is 1. The van der Waals surface area contributed by atoms with E-state index >= 15 is 0 Å². The SMILES string of the molecule is Cc1ccc(CN)cc1S(=O)(=O)NC(C)c1ncn[nH]1. The van der Waals surface area contributed by atoms with Crippen LogP contribution in [-0.4, -0.2) is 23.6 Å². The Morgan fingerprint density at radius 3 is 2.80 bits per heavy atom. The summed E-state index contributed by atoms with van der Waals surface area (Å²) in [6, 6.07) is 4.65. The number of H-pyrrole nitrogens is 1. The molecule has 0 aliphatic rings. The van der Waals surface area contributed by atoms with Gasteiger partial charge < -0.3 is 5.73 Å². The van der Waals surface area contributed by atoms with E-state index < -0.39 is 16.1 Å². The third kappa shape index (κ3) is 3.03. The van der Waals surface area contributed by atoms with Crippen LogP contribution in [0, 0.1) is 6.92 Å². The van der Waals surface area contributed by atoms with Gasteiger partial charge >= 0.3 is 0 Å². The minimum absolute atomic E-state index is 0.229. The molecule has 1 unspecified atom stereocenters. The zero-order valence-electron chi connectivity index (χ0n) is 11.3. The van der Waals surface area contributed by atoms with Gasteiger partial charge in [0, 0.05) is 6.54 Å². The lowest BCUT2D eigenvalue weighted by molar-refractivity contribution is 0.559. The monoisotopic (exact) mass is 295 g/mol. The lowest BCUT2D eigenvalue weighted by Crippen LogP contribution is -2.28. The molecule has 1 aromatic carbocycles. The summed E-state index contributed by atoms with van der Waals surface area (Å²) in [5.74, 6) is 0.459. The van der Waals surface area contributed by atoms with Crippen LogP contribution in [0.15, 0.2) is 29.4 Å². The zero-order chi connectivity index (χ0) is 14.8. The minimum atomic E-state index is -3.64. The first-order chi connectivity index (χ1) is 9.44. The summed E-state index contributed by atoms with van der Waals surface area (Å²) in [6.45, 7) is 3.73. The quantitative estimate of drug-likeness (QED) is 0.748. The van der Waals surface area contributed by atoms with Crippen molar-refractivity contribution in [2.75, 3.05) is 0 Å². The second-order valence-electron chi connectivity index (χ2n) is 4.52. The van der Waals surface area contributed by atoms with E-state index in [9.17, 15) is 8.42 Å². The molecule has 0 saturated carbocycles. The lowest BCUT2D eigenvalue weighted by Gasteiger charge is -2.14. The number of aromatic nitrogens is 3. The van der Waals surface area contributed by atoms with E-state index in [1.807, 2.05) is 6.07 Å². The Labute approximate surface area is 117 Å². The van der Waals surface area contributed by atoms with Gasteiger partial charge in [-0.2, -0.15) is 5.10 Å². The molecule has 1 atom stereocenters. The second-order valence-corrected chi connectivity index (χ2v) is 6.20. The number of hydrogen-bond donors (Lipinski definition) is 3. The van der Waals surface area contributed by atoms with Gasteiger partial charge in [-0.3, -0.25) is 5.10 Å². The maximum absolute atomic E-state index is 12.4. The van der Waals surface area contributed by atoms with E-state index in [1.54, 1.807) is 26.0 Å². The predicted octanol–water partition coefficient (Wildman–Crippen LogP) is 0.611. The van der Waals surface area contributed by atoms with Crippen LogP contribution in [0.4, 0.5) is 0 Å². The largest absolute Gasteiger partial charge is 0.326 e. The molecule has 7 nitrogen and oxygen atoms in total. The van der Waals surface area contributed by atoms with Crippen LogP contribution in [0.2, 0.25) is 0 Å². The molecule has 0 saturated heterocycles. The third-order valence-electron chi connectivity index (χ3n) is 2.95. The molecular formula is C12H17N5O2S. The van der Waals surface area contributed by atoms with Crippen LogP contribution in [0.25, 0.3) is 0 Å². The molecule has 0 spiro atoms. The van der Waals surface area contributed by atoms with Gasteiger partial charge in [0.25, 0.3) is 0 Å². The Hall–Kier alpha value is -1.77. The zero-order valence-corrected chi connectivity index (χ0v) is 12.1. The van der Waals surface area contributed by atoms with Crippen LogP contribution >= 0.6 is 0 Å². The highest BCUT2D eigenvalue weighted by atomic mass is 32.2. The standard InChI is InChI=1S/C12H17N5O2S/c1-8-3-4-10(6-13)5-11(8)20(18,19)17-9(2)12-14-7-15-16-12/h3-5,7,9,17H,6,13H2,1-2H3,(H,14,15,16). The summed E-state index contributed by atoms with van der Waals surface area (Å²) in [7, 11) is -3.64. The van der Waals surface area contributed by atoms with Crippen LogP contribution in [0.3, 0.4) is 0 Å². The highest BCUT2D eigenvalue weighted by molar-refractivity contribution is 7.89. The van der Waals surface area contributed by atoms with Gasteiger partial charge in [0.15, 0.2) is 0 Å². The van der Waals surface area contributed by atoms with E-state index in [-0.39, 0.29) is 4.90 Å². The molecule has 0 aliphatic heterocycles. The first-order valence-corrected chi connectivity index (χ1v) is 7.59. The van der Waals surface area contributed by atoms with Crippen molar-refractivity contribution in [2.45, 2.75) is 31.3 Å². The summed E-state index contributed by atoms with van der Waals surface area (Å²) in [5.41, 5.74) is 6.99. The van der Waals surface area contributed by atoms with Crippen LogP contribution in [0.1, 0.15) is 29.9 Å². The van der Waals surface area contributed by atoms with Gasteiger partial charge in [-0.1, -0.05) is 12.1 Å². The van der Waals surface area contributed by atoms with E-state index in [1.165, 1.54) is 6.33 Å². The molecular weight excluding hydrogens is 278 g/mol. The number of nitrogens with two attached hydrogens (primary N) is 1. The summed E-state index contributed by atoms with van der Waals surface area (Å²) >= 11 is 0. The number of rotatable bonds is 5. The molecule has 2 aromatic rings. The van der Waals surface area contributed by atoms with Gasteiger partial charge in [-0.25, -0.2) is 18.1 Å². The number of benzene rings is 1. The number of nitrogens with zero attached hydrogens (tertiary/aromatic N) is 2. The third-order valence-corrected chi connectivity index (χ3v) is 4.64. The van der Waals surface area contributed by atoms with Crippen LogP contribution in [-0.2, 0) is 16.6 Å². The van der Waals surface area contributed by atoms with Crippen molar-refractivity contribution in [3.8, 4) is 0 Å². The predicted molar refractivity (Wildman–Crippen MR) is 74.2 cm³/mol. The van der Waals surface area contributed by atoms with Crippen molar-refractivity contribution in [1.29, 1.82) is 0 Å². The van der Waals surface area contributed by atoms with Crippen molar-refractivity contribution in [2.24, 2.45) is 5.73 Å². The van der Waals surface area contributed by atoms with Gasteiger partial charge in [-0.15, -0.1) is 0 Å². The summed E-state index contributed by atoms with van der Waals surface area (Å²) in [5, 5.41) is 6.34. The minimum Gasteiger partial charge on any atom is -0.326 e. The fourth-order valence-electron chi connectivity index (χ4n) is 1.84. The molecule has 0 amide bonds. The van der Waals surface area contributed by atoms with E-state index in [4.69, 9.17) is 5.73 Å². The Morgan fingerprint density at radius 1 is 1.45 bits per heavy atom. The molecule has 0 fully saturated rings. The molecule has 1 aromatic heterocycles. The molecule has 20 heavy (non-hydrogen) atoms. The topological polar surface area (TPSA) is 114 Å². The maximum atomic E-state index is 12.4. The Morgan fingerprint density at radius 2 is 2.20 bits per heavy atom. The second kappa shape index (κ2) is 5.70. The number of aromatic amines is 1. The fraction of sp³-hybridized carbons (Fsp3) is 0.333. The molecule has 0 aliphatic carbocycles. The molecule has 2 rings (SSSR count). The number of hydrogen-bond acceptors (Lipinski definition) is 5. The fourth-order valence-corrected chi connectivity index (χ4v) is 3.34. The molecule has 4 N–H and O–H groups in total. The molecule has 1 heterocycles. The maximum Gasteiger partial charge on any atom is 0.241 e. The van der Waals surface area contributed by atoms with Crippen LogP contribution < -0.4 is 10.5 Å². The Kier molecular flexibility index (Phi) is 4.17. The molecule has 0 bridgehead atoms. The van der Waals surface area contributed by atoms with E-state index in [0.29, 0.717) is 17.9 Å². The van der Waals surface area contributed by atoms with E-state index in [2.05, 4.69) is 19.9 Å².